The molecule has 7 heteroatoms. The highest BCUT2D eigenvalue weighted by atomic mass is 127. The van der Waals surface area contributed by atoms with Crippen molar-refractivity contribution in [2.75, 3.05) is 31.7 Å². The predicted molar refractivity (Wildman–Crippen MR) is 118 cm³/mol. The monoisotopic (exact) mass is 483 g/mol. The van der Waals surface area contributed by atoms with Crippen LogP contribution in [0.15, 0.2) is 59.6 Å². The summed E-state index contributed by atoms with van der Waals surface area (Å²) < 4.78 is 16.9. The van der Waals surface area contributed by atoms with E-state index in [-0.39, 0.29) is 30.1 Å². The van der Waals surface area contributed by atoms with Crippen LogP contribution in [0, 0.1) is 0 Å². The van der Waals surface area contributed by atoms with Crippen LogP contribution < -0.4 is 15.8 Å². The van der Waals surface area contributed by atoms with Crippen LogP contribution in [0.2, 0.25) is 0 Å². The van der Waals surface area contributed by atoms with E-state index in [4.69, 9.17) is 19.9 Å². The third-order valence-electron chi connectivity index (χ3n) is 3.93. The molecule has 1 heterocycles. The van der Waals surface area contributed by atoms with E-state index in [2.05, 4.69) is 10.3 Å². The number of aliphatic imine (C=N–C) groups is 1. The van der Waals surface area contributed by atoms with Crippen molar-refractivity contribution in [2.24, 2.45) is 10.7 Å². The van der Waals surface area contributed by atoms with Gasteiger partial charge in [0.1, 0.15) is 11.5 Å². The second-order valence-electron chi connectivity index (χ2n) is 6.04. The highest BCUT2D eigenvalue weighted by Crippen LogP contribution is 2.23. The first-order valence-corrected chi connectivity index (χ1v) is 8.89. The molecule has 0 amide bonds. The van der Waals surface area contributed by atoms with E-state index < -0.39 is 0 Å². The van der Waals surface area contributed by atoms with Gasteiger partial charge in [-0.05, 0) is 37.1 Å². The number of guanidine groups is 1. The minimum Gasteiger partial charge on any atom is -0.457 e. The molecule has 1 unspecified atom stereocenters. The molecule has 3 rings (SSSR count). The first-order valence-electron chi connectivity index (χ1n) is 8.89. The van der Waals surface area contributed by atoms with E-state index in [9.17, 15) is 0 Å². The van der Waals surface area contributed by atoms with Crippen LogP contribution >= 0.6 is 24.0 Å². The molecule has 0 bridgehead atoms. The highest BCUT2D eigenvalue weighted by molar-refractivity contribution is 14.0. The molecule has 0 aliphatic carbocycles. The third kappa shape index (κ3) is 7.74. The number of anilines is 1. The summed E-state index contributed by atoms with van der Waals surface area (Å²) in [6.45, 7) is 2.50. The van der Waals surface area contributed by atoms with Gasteiger partial charge in [0.05, 0.1) is 25.9 Å². The number of nitrogens with two attached hydrogens (primary N) is 1. The van der Waals surface area contributed by atoms with Gasteiger partial charge in [0, 0.05) is 18.4 Å². The molecule has 2 aromatic carbocycles. The molecule has 0 saturated carbocycles. The van der Waals surface area contributed by atoms with Gasteiger partial charge in [0.15, 0.2) is 5.96 Å². The fourth-order valence-electron chi connectivity index (χ4n) is 2.67. The molecular formula is C20H26IN3O3. The first kappa shape index (κ1) is 21.5. The summed E-state index contributed by atoms with van der Waals surface area (Å²) in [5.41, 5.74) is 6.75. The maximum absolute atomic E-state index is 5.93. The summed E-state index contributed by atoms with van der Waals surface area (Å²) in [5.74, 6) is 1.87. The quantitative estimate of drug-likeness (QED) is 0.257. The molecule has 0 spiro atoms. The smallest absolute Gasteiger partial charge is 0.193 e. The van der Waals surface area contributed by atoms with Crippen LogP contribution in [0.5, 0.6) is 11.5 Å². The number of benzene rings is 2. The van der Waals surface area contributed by atoms with Crippen LogP contribution in [0.4, 0.5) is 5.69 Å². The second-order valence-corrected chi connectivity index (χ2v) is 6.04. The molecule has 1 fully saturated rings. The molecule has 1 atom stereocenters. The summed E-state index contributed by atoms with van der Waals surface area (Å²) in [6.07, 6.45) is 2.44. The first-order chi connectivity index (χ1) is 12.8. The highest BCUT2D eigenvalue weighted by Gasteiger charge is 2.14. The topological polar surface area (TPSA) is 78.1 Å². The number of para-hydroxylation sites is 1. The van der Waals surface area contributed by atoms with E-state index in [1.54, 1.807) is 0 Å². The zero-order valence-electron chi connectivity index (χ0n) is 15.2. The lowest BCUT2D eigenvalue weighted by molar-refractivity contribution is 0.0200. The minimum atomic E-state index is 0. The van der Waals surface area contributed by atoms with E-state index in [0.717, 1.165) is 36.6 Å². The van der Waals surface area contributed by atoms with Gasteiger partial charge in [-0.1, -0.05) is 24.3 Å². The molecule has 2 aromatic rings. The molecule has 0 aromatic heterocycles. The number of ether oxygens (including phenoxy) is 3. The molecule has 1 aliphatic heterocycles. The Morgan fingerprint density at radius 1 is 1.15 bits per heavy atom. The standard InChI is InChI=1S/C20H25N3O3.HI/c21-20(22-11-13-24-15-19-10-5-12-25-19)23-16-6-4-9-18(14-16)26-17-7-2-1-3-8-17;/h1-4,6-9,14,19H,5,10-13,15H2,(H3,21,22,23);1H. The predicted octanol–water partition coefficient (Wildman–Crippen LogP) is 4.02. The largest absolute Gasteiger partial charge is 0.457 e. The lowest BCUT2D eigenvalue weighted by atomic mass is 10.2. The Labute approximate surface area is 177 Å². The maximum atomic E-state index is 5.93. The number of hydrogen-bond acceptors (Lipinski definition) is 4. The molecule has 1 saturated heterocycles. The number of hydrogen-bond donors (Lipinski definition) is 2. The second kappa shape index (κ2) is 11.8. The fraction of sp³-hybridized carbons (Fsp3) is 0.350. The van der Waals surface area contributed by atoms with Crippen LogP contribution in [-0.2, 0) is 9.47 Å². The van der Waals surface area contributed by atoms with E-state index >= 15 is 0 Å². The fourth-order valence-corrected chi connectivity index (χ4v) is 2.67. The minimum absolute atomic E-state index is 0. The van der Waals surface area contributed by atoms with Gasteiger partial charge in [0.2, 0.25) is 0 Å². The molecule has 1 aliphatic rings. The zero-order chi connectivity index (χ0) is 18.0. The molecule has 3 N–H and O–H groups in total. The van der Waals surface area contributed by atoms with Crippen molar-refractivity contribution in [2.45, 2.75) is 18.9 Å². The third-order valence-corrected chi connectivity index (χ3v) is 3.93. The van der Waals surface area contributed by atoms with E-state index in [1.807, 2.05) is 54.6 Å². The summed E-state index contributed by atoms with van der Waals surface area (Å²) in [7, 11) is 0. The molecule has 6 nitrogen and oxygen atoms in total. The van der Waals surface area contributed by atoms with Gasteiger partial charge < -0.3 is 25.3 Å². The Kier molecular flexibility index (Phi) is 9.37. The Hall–Kier alpha value is -1.84. The Morgan fingerprint density at radius 2 is 1.96 bits per heavy atom. The Morgan fingerprint density at radius 3 is 2.74 bits per heavy atom. The summed E-state index contributed by atoms with van der Waals surface area (Å²) in [6, 6.07) is 17.2. The lowest BCUT2D eigenvalue weighted by Crippen LogP contribution is -2.23. The van der Waals surface area contributed by atoms with Crippen molar-refractivity contribution in [1.29, 1.82) is 0 Å². The molecule has 27 heavy (non-hydrogen) atoms. The Bertz CT molecular complexity index is 707. The van der Waals surface area contributed by atoms with Crippen molar-refractivity contribution in [1.82, 2.24) is 0 Å². The number of nitrogens with zero attached hydrogens (tertiary/aromatic N) is 1. The van der Waals surface area contributed by atoms with Crippen molar-refractivity contribution < 1.29 is 14.2 Å². The van der Waals surface area contributed by atoms with Gasteiger partial charge in [-0.3, -0.25) is 4.99 Å². The van der Waals surface area contributed by atoms with Crippen molar-refractivity contribution in [3.05, 3.63) is 54.6 Å². The van der Waals surface area contributed by atoms with Crippen molar-refractivity contribution in [3.63, 3.8) is 0 Å². The molecular weight excluding hydrogens is 457 g/mol. The van der Waals surface area contributed by atoms with Crippen LogP contribution in [0.25, 0.3) is 0 Å². The van der Waals surface area contributed by atoms with Gasteiger partial charge in [-0.25, -0.2) is 0 Å². The average Bonchev–Trinajstić information content (AvgIpc) is 3.16. The van der Waals surface area contributed by atoms with Crippen molar-refractivity contribution in [3.8, 4) is 11.5 Å². The zero-order valence-corrected chi connectivity index (χ0v) is 17.5. The van der Waals surface area contributed by atoms with Crippen LogP contribution in [0.3, 0.4) is 0 Å². The number of halogens is 1. The van der Waals surface area contributed by atoms with Gasteiger partial charge in [0.25, 0.3) is 0 Å². The van der Waals surface area contributed by atoms with Gasteiger partial charge >= 0.3 is 0 Å². The summed E-state index contributed by atoms with van der Waals surface area (Å²) in [4.78, 5) is 4.27. The normalized spacial score (nSPS) is 16.6. The van der Waals surface area contributed by atoms with Crippen molar-refractivity contribution >= 4 is 35.6 Å². The maximum Gasteiger partial charge on any atom is 0.193 e. The molecule has 0 radical (unpaired) electrons. The van der Waals surface area contributed by atoms with E-state index in [0.29, 0.717) is 25.7 Å². The number of nitrogens with one attached hydrogen (secondary N) is 1. The summed E-state index contributed by atoms with van der Waals surface area (Å²) in [5, 5.41) is 3.07. The molecule has 146 valence electrons. The Balaban J connectivity index is 0.00000261. The van der Waals surface area contributed by atoms with E-state index in [1.165, 1.54) is 0 Å². The number of rotatable bonds is 8. The SMILES string of the molecule is I.NC(=NCCOCC1CCCO1)Nc1cccc(Oc2ccccc2)c1. The summed E-state index contributed by atoms with van der Waals surface area (Å²) >= 11 is 0. The van der Waals surface area contributed by atoms with Crippen LogP contribution in [-0.4, -0.2) is 38.4 Å². The van der Waals surface area contributed by atoms with Crippen LogP contribution in [0.1, 0.15) is 12.8 Å². The lowest BCUT2D eigenvalue weighted by Gasteiger charge is -2.10. The van der Waals surface area contributed by atoms with Gasteiger partial charge in [-0.15, -0.1) is 24.0 Å². The average molecular weight is 483 g/mol. The van der Waals surface area contributed by atoms with Gasteiger partial charge in [-0.2, -0.15) is 0 Å².